The van der Waals surface area contributed by atoms with Crippen LogP contribution in [0.1, 0.15) is 33.1 Å². The predicted octanol–water partition coefficient (Wildman–Crippen LogP) is 1.66. The van der Waals surface area contributed by atoms with Crippen LogP contribution in [0, 0.1) is 11.8 Å². The van der Waals surface area contributed by atoms with Crippen molar-refractivity contribution in [2.75, 3.05) is 24.5 Å². The fourth-order valence-electron chi connectivity index (χ4n) is 2.11. The molecule has 0 bridgehead atoms. The number of nitrogens with zero attached hydrogens (tertiary/aromatic N) is 3. The standard InChI is InChI=1S/C12H22N4O/c1-4-13-7-11-14-15-12(17-11)16-6-5-9(2)10(3)8-16/h9-10,13H,4-8H2,1-3H3. The Bertz CT molecular complexity index is 352. The van der Waals surface area contributed by atoms with Crippen LogP contribution >= 0.6 is 0 Å². The molecule has 2 heterocycles. The quantitative estimate of drug-likeness (QED) is 0.864. The molecule has 0 saturated carbocycles. The average Bonchev–Trinajstić information content (AvgIpc) is 2.79. The lowest BCUT2D eigenvalue weighted by Gasteiger charge is -2.33. The van der Waals surface area contributed by atoms with Crippen molar-refractivity contribution in [2.24, 2.45) is 11.8 Å². The van der Waals surface area contributed by atoms with Crippen molar-refractivity contribution in [3.63, 3.8) is 0 Å². The molecule has 2 rings (SSSR count). The number of nitrogens with one attached hydrogen (secondary N) is 1. The van der Waals surface area contributed by atoms with Gasteiger partial charge >= 0.3 is 6.01 Å². The summed E-state index contributed by atoms with van der Waals surface area (Å²) < 4.78 is 5.65. The molecular formula is C12H22N4O. The van der Waals surface area contributed by atoms with Crippen molar-refractivity contribution in [3.05, 3.63) is 5.89 Å². The fraction of sp³-hybridized carbons (Fsp3) is 0.833. The highest BCUT2D eigenvalue weighted by molar-refractivity contribution is 5.25. The molecule has 0 amide bonds. The summed E-state index contributed by atoms with van der Waals surface area (Å²) in [7, 11) is 0. The fourth-order valence-corrected chi connectivity index (χ4v) is 2.11. The van der Waals surface area contributed by atoms with Crippen LogP contribution in [-0.4, -0.2) is 29.8 Å². The van der Waals surface area contributed by atoms with E-state index < -0.39 is 0 Å². The lowest BCUT2D eigenvalue weighted by atomic mass is 9.89. The van der Waals surface area contributed by atoms with Crippen molar-refractivity contribution in [1.29, 1.82) is 0 Å². The molecule has 96 valence electrons. The van der Waals surface area contributed by atoms with Crippen molar-refractivity contribution in [1.82, 2.24) is 15.5 Å². The van der Waals surface area contributed by atoms with E-state index in [1.54, 1.807) is 0 Å². The van der Waals surface area contributed by atoms with Gasteiger partial charge in [0.1, 0.15) is 0 Å². The van der Waals surface area contributed by atoms with E-state index in [4.69, 9.17) is 4.42 Å². The van der Waals surface area contributed by atoms with Crippen LogP contribution in [0.25, 0.3) is 0 Å². The van der Waals surface area contributed by atoms with E-state index in [0.717, 1.165) is 25.6 Å². The van der Waals surface area contributed by atoms with Gasteiger partial charge in [-0.3, -0.25) is 0 Å². The zero-order valence-electron chi connectivity index (χ0n) is 10.9. The summed E-state index contributed by atoms with van der Waals surface area (Å²) in [6.45, 7) is 10.3. The summed E-state index contributed by atoms with van der Waals surface area (Å²) in [4.78, 5) is 2.20. The van der Waals surface area contributed by atoms with Crippen molar-refractivity contribution in [3.8, 4) is 0 Å². The van der Waals surface area contributed by atoms with Crippen LogP contribution in [0.15, 0.2) is 4.42 Å². The minimum atomic E-state index is 0.656. The molecule has 0 aromatic carbocycles. The second-order valence-electron chi connectivity index (χ2n) is 4.95. The van der Waals surface area contributed by atoms with E-state index in [0.29, 0.717) is 24.4 Å². The molecule has 0 aliphatic carbocycles. The van der Waals surface area contributed by atoms with E-state index in [1.807, 2.05) is 0 Å². The van der Waals surface area contributed by atoms with Crippen LogP contribution in [-0.2, 0) is 6.54 Å². The molecule has 0 spiro atoms. The number of anilines is 1. The van der Waals surface area contributed by atoms with Gasteiger partial charge in [-0.15, -0.1) is 5.10 Å². The van der Waals surface area contributed by atoms with Crippen LogP contribution in [0.3, 0.4) is 0 Å². The van der Waals surface area contributed by atoms with E-state index in [-0.39, 0.29) is 0 Å². The summed E-state index contributed by atoms with van der Waals surface area (Å²) in [6, 6.07) is 0.677. The largest absolute Gasteiger partial charge is 0.407 e. The first-order chi connectivity index (χ1) is 8.20. The molecule has 2 atom stereocenters. The topological polar surface area (TPSA) is 54.2 Å². The van der Waals surface area contributed by atoms with Gasteiger partial charge in [-0.1, -0.05) is 25.9 Å². The molecule has 1 fully saturated rings. The summed E-state index contributed by atoms with van der Waals surface area (Å²) in [5.74, 6) is 2.15. The van der Waals surface area contributed by atoms with Crippen LogP contribution in [0.4, 0.5) is 6.01 Å². The third kappa shape index (κ3) is 2.97. The molecule has 1 aliphatic rings. The molecule has 1 N–H and O–H groups in total. The summed E-state index contributed by atoms with van der Waals surface area (Å²) in [5, 5.41) is 11.4. The maximum Gasteiger partial charge on any atom is 0.318 e. The first kappa shape index (κ1) is 12.4. The van der Waals surface area contributed by atoms with Gasteiger partial charge < -0.3 is 14.6 Å². The Balaban J connectivity index is 1.95. The highest BCUT2D eigenvalue weighted by Crippen LogP contribution is 2.25. The smallest absolute Gasteiger partial charge is 0.318 e. The van der Waals surface area contributed by atoms with Gasteiger partial charge in [-0.2, -0.15) is 0 Å². The first-order valence-corrected chi connectivity index (χ1v) is 6.48. The van der Waals surface area contributed by atoms with E-state index in [9.17, 15) is 0 Å². The number of piperidine rings is 1. The van der Waals surface area contributed by atoms with Gasteiger partial charge in [0, 0.05) is 13.1 Å². The van der Waals surface area contributed by atoms with Crippen LogP contribution in [0.5, 0.6) is 0 Å². The molecule has 5 nitrogen and oxygen atoms in total. The number of hydrogen-bond donors (Lipinski definition) is 1. The second-order valence-corrected chi connectivity index (χ2v) is 4.95. The Morgan fingerprint density at radius 3 is 2.88 bits per heavy atom. The molecule has 2 unspecified atom stereocenters. The zero-order chi connectivity index (χ0) is 12.3. The maximum absolute atomic E-state index is 5.65. The molecule has 1 aromatic heterocycles. The van der Waals surface area contributed by atoms with Crippen LogP contribution in [0.2, 0.25) is 0 Å². The van der Waals surface area contributed by atoms with Gasteiger partial charge in [-0.05, 0) is 24.8 Å². The average molecular weight is 238 g/mol. The van der Waals surface area contributed by atoms with E-state index in [2.05, 4.69) is 41.2 Å². The highest BCUT2D eigenvalue weighted by Gasteiger charge is 2.25. The van der Waals surface area contributed by atoms with E-state index in [1.165, 1.54) is 6.42 Å². The molecule has 1 aliphatic heterocycles. The van der Waals surface area contributed by atoms with E-state index >= 15 is 0 Å². The Morgan fingerprint density at radius 2 is 2.18 bits per heavy atom. The zero-order valence-corrected chi connectivity index (χ0v) is 10.9. The lowest BCUT2D eigenvalue weighted by molar-refractivity contribution is 0.311. The SMILES string of the molecule is CCNCc1nnc(N2CCC(C)C(C)C2)o1. The third-order valence-corrected chi connectivity index (χ3v) is 3.59. The number of rotatable bonds is 4. The summed E-state index contributed by atoms with van der Waals surface area (Å²) in [6.07, 6.45) is 1.20. The Hall–Kier alpha value is -1.10. The van der Waals surface area contributed by atoms with Gasteiger partial charge in [-0.25, -0.2) is 0 Å². The minimum Gasteiger partial charge on any atom is -0.407 e. The molecular weight excluding hydrogens is 216 g/mol. The molecule has 1 saturated heterocycles. The van der Waals surface area contributed by atoms with Gasteiger partial charge in [0.2, 0.25) is 5.89 Å². The van der Waals surface area contributed by atoms with Gasteiger partial charge in [0.15, 0.2) is 0 Å². The second kappa shape index (κ2) is 5.49. The summed E-state index contributed by atoms with van der Waals surface area (Å²) in [5.41, 5.74) is 0. The summed E-state index contributed by atoms with van der Waals surface area (Å²) >= 11 is 0. The van der Waals surface area contributed by atoms with Gasteiger partial charge in [0.25, 0.3) is 0 Å². The Kier molecular flexibility index (Phi) is 3.99. The molecule has 5 heteroatoms. The monoisotopic (exact) mass is 238 g/mol. The highest BCUT2D eigenvalue weighted by atomic mass is 16.4. The molecule has 1 aromatic rings. The lowest BCUT2D eigenvalue weighted by Crippen LogP contribution is -2.38. The normalized spacial score (nSPS) is 25.2. The van der Waals surface area contributed by atoms with Crippen molar-refractivity contribution in [2.45, 2.75) is 33.7 Å². The van der Waals surface area contributed by atoms with Gasteiger partial charge in [0.05, 0.1) is 6.54 Å². The molecule has 17 heavy (non-hydrogen) atoms. The predicted molar refractivity (Wildman–Crippen MR) is 66.8 cm³/mol. The van der Waals surface area contributed by atoms with Crippen molar-refractivity contribution < 1.29 is 4.42 Å². The third-order valence-electron chi connectivity index (χ3n) is 3.59. The maximum atomic E-state index is 5.65. The number of aromatic nitrogens is 2. The number of hydrogen-bond acceptors (Lipinski definition) is 5. The van der Waals surface area contributed by atoms with Crippen LogP contribution < -0.4 is 10.2 Å². The Labute approximate surface area is 103 Å². The first-order valence-electron chi connectivity index (χ1n) is 6.48. The van der Waals surface area contributed by atoms with Crippen molar-refractivity contribution >= 4 is 6.01 Å². The Morgan fingerprint density at radius 1 is 1.35 bits per heavy atom. The molecule has 0 radical (unpaired) electrons. The minimum absolute atomic E-state index is 0.656.